The summed E-state index contributed by atoms with van der Waals surface area (Å²) in [5.41, 5.74) is 4.52. The van der Waals surface area contributed by atoms with Gasteiger partial charge in [-0.2, -0.15) is 0 Å². The molecule has 4 rings (SSSR count). The monoisotopic (exact) mass is 449 g/mol. The molecule has 2 aromatic rings. The van der Waals surface area contributed by atoms with Crippen LogP contribution >= 0.6 is 0 Å². The fourth-order valence-corrected chi connectivity index (χ4v) is 4.88. The van der Waals surface area contributed by atoms with E-state index in [4.69, 9.17) is 4.74 Å². The Morgan fingerprint density at radius 3 is 2.58 bits per heavy atom. The summed E-state index contributed by atoms with van der Waals surface area (Å²) in [5.74, 6) is 1.05. The highest BCUT2D eigenvalue weighted by atomic mass is 16.5. The number of carbonyl (C=O) groups is 1. The largest absolute Gasteiger partial charge is 0.493 e. The Morgan fingerprint density at radius 2 is 1.76 bits per heavy atom. The fraction of sp³-hybridized carbons (Fsp3) is 0.536. The number of nitrogens with zero attached hydrogens (tertiary/aromatic N) is 3. The van der Waals surface area contributed by atoms with E-state index in [9.17, 15) is 4.79 Å². The molecule has 2 aromatic carbocycles. The second-order valence-corrected chi connectivity index (χ2v) is 9.60. The molecule has 1 fully saturated rings. The fourth-order valence-electron chi connectivity index (χ4n) is 4.88. The third-order valence-electron chi connectivity index (χ3n) is 6.81. The molecule has 5 nitrogen and oxygen atoms in total. The van der Waals surface area contributed by atoms with Crippen molar-refractivity contribution < 1.29 is 9.53 Å². The maximum Gasteiger partial charge on any atom is 0.253 e. The molecule has 1 amide bonds. The summed E-state index contributed by atoms with van der Waals surface area (Å²) in [6, 6.07) is 14.9. The smallest absolute Gasteiger partial charge is 0.253 e. The Kier molecular flexibility index (Phi) is 8.40. The minimum atomic E-state index is 0.134. The minimum Gasteiger partial charge on any atom is -0.493 e. The number of benzene rings is 2. The van der Waals surface area contributed by atoms with Crippen LogP contribution < -0.4 is 4.74 Å². The zero-order valence-corrected chi connectivity index (χ0v) is 20.4. The topological polar surface area (TPSA) is 36.0 Å². The van der Waals surface area contributed by atoms with Crippen LogP contribution in [0, 0.1) is 0 Å². The maximum absolute atomic E-state index is 13.2. The van der Waals surface area contributed by atoms with Crippen LogP contribution in [0.25, 0.3) is 0 Å². The average Bonchev–Trinajstić information content (AvgIpc) is 2.82. The zero-order valence-electron chi connectivity index (χ0n) is 20.4. The van der Waals surface area contributed by atoms with Crippen molar-refractivity contribution in [2.75, 3.05) is 52.9 Å². The van der Waals surface area contributed by atoms with Crippen LogP contribution in [0.15, 0.2) is 42.5 Å². The van der Waals surface area contributed by atoms with Crippen molar-refractivity contribution in [2.24, 2.45) is 0 Å². The highest BCUT2D eigenvalue weighted by Crippen LogP contribution is 2.26. The van der Waals surface area contributed by atoms with Crippen molar-refractivity contribution >= 4 is 5.91 Å². The molecule has 2 heterocycles. The summed E-state index contributed by atoms with van der Waals surface area (Å²) in [4.78, 5) is 20.0. The SMILES string of the molecule is CCCN1CCCCCOc2ccc(C(=O)N3CCN(C)CC3)cc2Cc2cccc(c2)C1. The number of fused-ring (bicyclic) bond motifs is 3. The number of likely N-dealkylation sites (N-methyl/N-ethyl adjacent to an activating group) is 1. The molecular formula is C28H39N3O2. The van der Waals surface area contributed by atoms with Gasteiger partial charge in [0.05, 0.1) is 6.61 Å². The van der Waals surface area contributed by atoms with E-state index < -0.39 is 0 Å². The Hall–Kier alpha value is -2.37. The van der Waals surface area contributed by atoms with E-state index in [-0.39, 0.29) is 5.91 Å². The van der Waals surface area contributed by atoms with Crippen LogP contribution in [-0.4, -0.2) is 73.5 Å². The second kappa shape index (κ2) is 11.7. The summed E-state index contributed by atoms with van der Waals surface area (Å²) in [6.07, 6.45) is 5.40. The third-order valence-corrected chi connectivity index (χ3v) is 6.81. The van der Waals surface area contributed by atoms with Gasteiger partial charge in [0.25, 0.3) is 5.91 Å². The van der Waals surface area contributed by atoms with Crippen LogP contribution in [0.1, 0.15) is 59.7 Å². The van der Waals surface area contributed by atoms with Crippen molar-refractivity contribution in [3.8, 4) is 5.75 Å². The van der Waals surface area contributed by atoms with Gasteiger partial charge >= 0.3 is 0 Å². The Bertz CT molecular complexity index is 921. The van der Waals surface area contributed by atoms with Gasteiger partial charge in [0.2, 0.25) is 0 Å². The number of amides is 1. The summed E-state index contributed by atoms with van der Waals surface area (Å²) in [7, 11) is 2.11. The number of hydrogen-bond acceptors (Lipinski definition) is 4. The Labute approximate surface area is 199 Å². The van der Waals surface area contributed by atoms with E-state index in [1.54, 1.807) is 0 Å². The van der Waals surface area contributed by atoms with Crippen LogP contribution in [-0.2, 0) is 13.0 Å². The third kappa shape index (κ3) is 6.58. The molecule has 0 aliphatic carbocycles. The van der Waals surface area contributed by atoms with Gasteiger partial charge in [0, 0.05) is 44.7 Å². The van der Waals surface area contributed by atoms with Crippen molar-refractivity contribution in [3.05, 3.63) is 64.7 Å². The van der Waals surface area contributed by atoms with Crippen molar-refractivity contribution in [3.63, 3.8) is 0 Å². The quantitative estimate of drug-likeness (QED) is 0.694. The van der Waals surface area contributed by atoms with E-state index >= 15 is 0 Å². The predicted octanol–water partition coefficient (Wildman–Crippen LogP) is 4.44. The van der Waals surface area contributed by atoms with E-state index in [2.05, 4.69) is 54.1 Å². The molecule has 0 radical (unpaired) electrons. The molecular weight excluding hydrogens is 410 g/mol. The predicted molar refractivity (Wildman–Crippen MR) is 134 cm³/mol. The molecule has 0 aromatic heterocycles. The number of ether oxygens (including phenoxy) is 1. The van der Waals surface area contributed by atoms with Crippen LogP contribution in [0.5, 0.6) is 5.75 Å². The average molecular weight is 450 g/mol. The normalized spacial score (nSPS) is 18.8. The first-order chi connectivity index (χ1) is 16.1. The number of piperazine rings is 1. The summed E-state index contributed by atoms with van der Waals surface area (Å²) in [5, 5.41) is 0. The lowest BCUT2D eigenvalue weighted by Gasteiger charge is -2.32. The zero-order chi connectivity index (χ0) is 23.0. The Balaban J connectivity index is 1.58. The lowest BCUT2D eigenvalue weighted by molar-refractivity contribution is 0.0664. The molecule has 0 atom stereocenters. The molecule has 2 aliphatic rings. The van der Waals surface area contributed by atoms with Gasteiger partial charge in [-0.05, 0) is 80.7 Å². The molecule has 33 heavy (non-hydrogen) atoms. The summed E-state index contributed by atoms with van der Waals surface area (Å²) >= 11 is 0. The van der Waals surface area contributed by atoms with Gasteiger partial charge < -0.3 is 14.5 Å². The number of hydrogen-bond donors (Lipinski definition) is 0. The first-order valence-electron chi connectivity index (χ1n) is 12.7. The molecule has 0 unspecified atom stereocenters. The summed E-state index contributed by atoms with van der Waals surface area (Å²) in [6.45, 7) is 9.72. The molecule has 2 bridgehead atoms. The van der Waals surface area contributed by atoms with Crippen LogP contribution in [0.4, 0.5) is 0 Å². The molecule has 5 heteroatoms. The van der Waals surface area contributed by atoms with Crippen LogP contribution in [0.2, 0.25) is 0 Å². The lowest BCUT2D eigenvalue weighted by atomic mass is 9.99. The van der Waals surface area contributed by atoms with E-state index in [1.165, 1.54) is 30.4 Å². The first-order valence-corrected chi connectivity index (χ1v) is 12.7. The molecule has 2 aliphatic heterocycles. The molecule has 1 saturated heterocycles. The number of carbonyl (C=O) groups excluding carboxylic acids is 1. The van der Waals surface area contributed by atoms with E-state index in [0.29, 0.717) is 0 Å². The van der Waals surface area contributed by atoms with Gasteiger partial charge in [-0.1, -0.05) is 31.2 Å². The highest BCUT2D eigenvalue weighted by molar-refractivity contribution is 5.94. The molecule has 0 N–H and O–H groups in total. The van der Waals surface area contributed by atoms with E-state index in [0.717, 1.165) is 82.1 Å². The Morgan fingerprint density at radius 1 is 0.939 bits per heavy atom. The van der Waals surface area contributed by atoms with Gasteiger partial charge in [-0.3, -0.25) is 9.69 Å². The van der Waals surface area contributed by atoms with Gasteiger partial charge in [0.1, 0.15) is 5.75 Å². The van der Waals surface area contributed by atoms with Crippen LogP contribution in [0.3, 0.4) is 0 Å². The number of rotatable bonds is 3. The van der Waals surface area contributed by atoms with Crippen molar-refractivity contribution in [1.82, 2.24) is 14.7 Å². The standard InChI is InChI=1S/C28H39N3O2/c1-3-12-30-13-5-4-6-18-33-27-11-10-25(28(32)31-16-14-29(2)15-17-31)21-26(27)20-23-8-7-9-24(19-23)22-30/h7-11,19,21H,3-6,12-18,20,22H2,1-2H3. The second-order valence-electron chi connectivity index (χ2n) is 9.60. The molecule has 178 valence electrons. The van der Waals surface area contributed by atoms with E-state index in [1.807, 2.05) is 17.0 Å². The first kappa shape index (κ1) is 23.8. The van der Waals surface area contributed by atoms with Gasteiger partial charge in [0.15, 0.2) is 0 Å². The highest BCUT2D eigenvalue weighted by Gasteiger charge is 2.21. The van der Waals surface area contributed by atoms with Gasteiger partial charge in [-0.25, -0.2) is 0 Å². The van der Waals surface area contributed by atoms with Crippen molar-refractivity contribution in [1.29, 1.82) is 0 Å². The molecule has 0 spiro atoms. The molecule has 0 saturated carbocycles. The van der Waals surface area contributed by atoms with Gasteiger partial charge in [-0.15, -0.1) is 0 Å². The summed E-state index contributed by atoms with van der Waals surface area (Å²) < 4.78 is 6.23. The minimum absolute atomic E-state index is 0.134. The maximum atomic E-state index is 13.2. The van der Waals surface area contributed by atoms with Crippen molar-refractivity contribution in [2.45, 2.75) is 45.6 Å². The lowest BCUT2D eigenvalue weighted by Crippen LogP contribution is -2.47.